The van der Waals surface area contributed by atoms with Crippen molar-refractivity contribution in [1.29, 1.82) is 0 Å². The number of aromatic nitrogens is 1. The fourth-order valence-electron chi connectivity index (χ4n) is 3.64. The largest absolute Gasteiger partial charge is 0.323 e. The Hall–Kier alpha value is -2.16. The first kappa shape index (κ1) is 21.5. The van der Waals surface area contributed by atoms with Crippen molar-refractivity contribution in [2.75, 3.05) is 36.5 Å². The van der Waals surface area contributed by atoms with Crippen molar-refractivity contribution in [1.82, 2.24) is 14.8 Å². The summed E-state index contributed by atoms with van der Waals surface area (Å²) in [6, 6.07) is 2.90. The lowest BCUT2D eigenvalue weighted by Crippen LogP contribution is -2.56. The third-order valence-electron chi connectivity index (χ3n) is 5.55. The molecule has 1 N–H and O–H groups in total. The number of piperidine rings is 1. The fourth-order valence-corrected chi connectivity index (χ4v) is 4.84. The molecule has 29 heavy (non-hydrogen) atoms. The Morgan fingerprint density at radius 1 is 1.10 bits per heavy atom. The third-order valence-corrected chi connectivity index (χ3v) is 7.16. The lowest BCUT2D eigenvalue weighted by atomic mass is 9.88. The van der Waals surface area contributed by atoms with Crippen LogP contribution in [0.25, 0.3) is 0 Å². The van der Waals surface area contributed by atoms with Gasteiger partial charge in [-0.2, -0.15) is 0 Å². The van der Waals surface area contributed by atoms with Gasteiger partial charge in [-0.25, -0.2) is 18.2 Å². The smallest absolute Gasteiger partial charge is 0.320 e. The van der Waals surface area contributed by atoms with Crippen molar-refractivity contribution in [2.45, 2.75) is 51.5 Å². The van der Waals surface area contributed by atoms with Crippen LogP contribution < -0.4 is 5.32 Å². The number of pyridine rings is 1. The van der Waals surface area contributed by atoms with Gasteiger partial charge in [0.25, 0.3) is 0 Å². The quantitative estimate of drug-likeness (QED) is 0.786. The topological polar surface area (TPSA) is 99.7 Å². The molecule has 0 aromatic carbocycles. The highest BCUT2D eigenvalue weighted by Gasteiger charge is 2.36. The lowest BCUT2D eigenvalue weighted by molar-refractivity contribution is -0.121. The van der Waals surface area contributed by atoms with Gasteiger partial charge in [-0.05, 0) is 36.3 Å². The van der Waals surface area contributed by atoms with Gasteiger partial charge in [-0.1, -0.05) is 26.8 Å². The summed E-state index contributed by atoms with van der Waals surface area (Å²) in [5.41, 5.74) is 1.05. The van der Waals surface area contributed by atoms with E-state index in [1.807, 2.05) is 6.07 Å². The lowest BCUT2D eigenvalue weighted by Gasteiger charge is -2.39. The standard InChI is InChI=1S/C20H30N4O4S/c1-20(2,3)15-7-8-17(21-14-15)22-18(25)16-6-4-5-9-24(16)19(26)23-10-12-29(27,28)13-11-23/h7-8,14,16H,4-6,9-13H2,1-3H3,(H,21,22,25)/t16-/m0/s1. The molecule has 3 amide bonds. The van der Waals surface area contributed by atoms with Crippen LogP contribution in [0.4, 0.5) is 10.6 Å². The highest BCUT2D eigenvalue weighted by atomic mass is 32.2. The number of carbonyl (C=O) groups is 2. The van der Waals surface area contributed by atoms with E-state index < -0.39 is 15.9 Å². The predicted molar refractivity (Wildman–Crippen MR) is 112 cm³/mol. The number of likely N-dealkylation sites (tertiary alicyclic amines) is 1. The van der Waals surface area contributed by atoms with Crippen LogP contribution in [0, 0.1) is 0 Å². The molecular formula is C20H30N4O4S. The number of sulfone groups is 1. The maximum absolute atomic E-state index is 12.9. The molecule has 0 bridgehead atoms. The molecule has 1 aromatic heterocycles. The summed E-state index contributed by atoms with van der Waals surface area (Å²) in [5.74, 6) is 0.171. The van der Waals surface area contributed by atoms with Crippen LogP contribution >= 0.6 is 0 Å². The molecule has 0 aliphatic carbocycles. The van der Waals surface area contributed by atoms with Crippen molar-refractivity contribution in [3.8, 4) is 0 Å². The van der Waals surface area contributed by atoms with E-state index in [2.05, 4.69) is 31.1 Å². The van der Waals surface area contributed by atoms with Gasteiger partial charge < -0.3 is 15.1 Å². The second-order valence-electron chi connectivity index (χ2n) is 8.80. The van der Waals surface area contributed by atoms with Crippen LogP contribution in [0.2, 0.25) is 0 Å². The van der Waals surface area contributed by atoms with Crippen LogP contribution in [0.1, 0.15) is 45.6 Å². The molecule has 2 aliphatic rings. The van der Waals surface area contributed by atoms with Gasteiger partial charge >= 0.3 is 6.03 Å². The molecule has 3 rings (SSSR count). The van der Waals surface area contributed by atoms with Crippen LogP contribution in [0.5, 0.6) is 0 Å². The monoisotopic (exact) mass is 422 g/mol. The first-order valence-corrected chi connectivity index (χ1v) is 11.9. The van der Waals surface area contributed by atoms with Crippen molar-refractivity contribution in [3.05, 3.63) is 23.9 Å². The Morgan fingerprint density at radius 2 is 1.79 bits per heavy atom. The summed E-state index contributed by atoms with van der Waals surface area (Å²) >= 11 is 0. The minimum Gasteiger partial charge on any atom is -0.323 e. The number of amides is 3. The Morgan fingerprint density at radius 3 is 2.38 bits per heavy atom. The van der Waals surface area contributed by atoms with Crippen molar-refractivity contribution in [3.63, 3.8) is 0 Å². The molecule has 1 atom stereocenters. The molecule has 9 heteroatoms. The van der Waals surface area contributed by atoms with Crippen LogP contribution in [0.3, 0.4) is 0 Å². The van der Waals surface area contributed by atoms with Crippen LogP contribution in [-0.2, 0) is 20.0 Å². The molecule has 2 fully saturated rings. The first-order chi connectivity index (χ1) is 13.6. The van der Waals surface area contributed by atoms with Crippen LogP contribution in [-0.4, -0.2) is 72.3 Å². The zero-order valence-corrected chi connectivity index (χ0v) is 18.2. The Bertz CT molecular complexity index is 847. The van der Waals surface area contributed by atoms with E-state index >= 15 is 0 Å². The van der Waals surface area contributed by atoms with E-state index in [9.17, 15) is 18.0 Å². The van der Waals surface area contributed by atoms with E-state index in [0.717, 1.165) is 18.4 Å². The van der Waals surface area contributed by atoms with Gasteiger partial charge in [0.2, 0.25) is 5.91 Å². The molecule has 1 aromatic rings. The SMILES string of the molecule is CC(C)(C)c1ccc(NC(=O)[C@@H]2CCCCN2C(=O)N2CCS(=O)(=O)CC2)nc1. The maximum atomic E-state index is 12.9. The summed E-state index contributed by atoms with van der Waals surface area (Å²) in [4.78, 5) is 33.3. The highest BCUT2D eigenvalue weighted by Crippen LogP contribution is 2.23. The number of urea groups is 1. The number of hydrogen-bond donors (Lipinski definition) is 1. The van der Waals surface area contributed by atoms with Gasteiger partial charge in [0.05, 0.1) is 11.5 Å². The molecule has 2 aliphatic heterocycles. The Kier molecular flexibility index (Phi) is 6.16. The average Bonchev–Trinajstić information content (AvgIpc) is 2.67. The van der Waals surface area contributed by atoms with E-state index in [-0.39, 0.29) is 41.9 Å². The van der Waals surface area contributed by atoms with Gasteiger partial charge in [-0.15, -0.1) is 0 Å². The number of hydrogen-bond acceptors (Lipinski definition) is 5. The van der Waals surface area contributed by atoms with Crippen LogP contribution in [0.15, 0.2) is 18.3 Å². The van der Waals surface area contributed by atoms with E-state index in [1.54, 1.807) is 22.1 Å². The van der Waals surface area contributed by atoms with Crippen molar-refractivity contribution in [2.24, 2.45) is 0 Å². The number of nitrogens with zero attached hydrogens (tertiary/aromatic N) is 3. The fraction of sp³-hybridized carbons (Fsp3) is 0.650. The van der Waals surface area contributed by atoms with Gasteiger partial charge in [0.1, 0.15) is 11.9 Å². The number of carbonyl (C=O) groups excluding carboxylic acids is 2. The summed E-state index contributed by atoms with van der Waals surface area (Å²) < 4.78 is 23.3. The summed E-state index contributed by atoms with van der Waals surface area (Å²) in [5, 5.41) is 2.83. The summed E-state index contributed by atoms with van der Waals surface area (Å²) in [6.07, 6.45) is 4.05. The Labute approximate surface area is 172 Å². The zero-order chi connectivity index (χ0) is 21.2. The van der Waals surface area contributed by atoms with Gasteiger partial charge in [-0.3, -0.25) is 4.79 Å². The number of rotatable bonds is 2. The minimum absolute atomic E-state index is 0.0203. The molecule has 2 saturated heterocycles. The molecule has 0 unspecified atom stereocenters. The van der Waals surface area contributed by atoms with E-state index in [0.29, 0.717) is 18.8 Å². The predicted octanol–water partition coefficient (Wildman–Crippen LogP) is 2.02. The molecule has 0 spiro atoms. The van der Waals surface area contributed by atoms with E-state index in [1.165, 1.54) is 0 Å². The molecule has 0 saturated carbocycles. The second kappa shape index (κ2) is 8.30. The second-order valence-corrected chi connectivity index (χ2v) is 11.1. The van der Waals surface area contributed by atoms with Crippen molar-refractivity contribution >= 4 is 27.6 Å². The minimum atomic E-state index is -3.06. The zero-order valence-electron chi connectivity index (χ0n) is 17.3. The summed E-state index contributed by atoms with van der Waals surface area (Å²) in [6.45, 7) is 7.15. The van der Waals surface area contributed by atoms with Gasteiger partial charge in [0.15, 0.2) is 9.84 Å². The molecule has 0 radical (unpaired) electrons. The summed E-state index contributed by atoms with van der Waals surface area (Å²) in [7, 11) is -3.06. The van der Waals surface area contributed by atoms with E-state index in [4.69, 9.17) is 0 Å². The highest BCUT2D eigenvalue weighted by molar-refractivity contribution is 7.91. The normalized spacial score (nSPS) is 22.2. The Balaban J connectivity index is 1.67. The molecule has 8 nitrogen and oxygen atoms in total. The molecular weight excluding hydrogens is 392 g/mol. The number of nitrogens with one attached hydrogen (secondary N) is 1. The first-order valence-electron chi connectivity index (χ1n) is 10.1. The average molecular weight is 423 g/mol. The third kappa shape index (κ3) is 5.26. The molecule has 3 heterocycles. The molecule has 160 valence electrons. The van der Waals surface area contributed by atoms with Gasteiger partial charge in [0, 0.05) is 25.8 Å². The van der Waals surface area contributed by atoms with Crippen molar-refractivity contribution < 1.29 is 18.0 Å². The number of anilines is 1. The maximum Gasteiger partial charge on any atom is 0.320 e.